The predicted molar refractivity (Wildman–Crippen MR) is 104 cm³/mol. The summed E-state index contributed by atoms with van der Waals surface area (Å²) in [5, 5.41) is 3.61. The van der Waals surface area contributed by atoms with Gasteiger partial charge < -0.3 is 15.0 Å². The second-order valence-electron chi connectivity index (χ2n) is 6.82. The summed E-state index contributed by atoms with van der Waals surface area (Å²) in [7, 11) is 1.91. The molecule has 2 aliphatic heterocycles. The second-order valence-corrected chi connectivity index (χ2v) is 6.82. The topological polar surface area (TPSA) is 36.9 Å². The molecule has 130 valence electrons. The normalized spacial score (nSPS) is 26.3. The molecule has 0 saturated carbocycles. The molecule has 2 fully saturated rings. The molecule has 2 heterocycles. The first-order chi connectivity index (χ1) is 10.2. The highest BCUT2D eigenvalue weighted by atomic mass is 127. The summed E-state index contributed by atoms with van der Waals surface area (Å²) in [6, 6.07) is 0. The second kappa shape index (κ2) is 9.96. The van der Waals surface area contributed by atoms with E-state index in [1.54, 1.807) is 0 Å². The Morgan fingerprint density at radius 2 is 2.18 bits per heavy atom. The molecule has 2 aliphatic rings. The first-order valence-corrected chi connectivity index (χ1v) is 8.76. The third kappa shape index (κ3) is 5.25. The molecule has 2 rings (SSSR count). The lowest BCUT2D eigenvalue weighted by Gasteiger charge is -2.26. The van der Waals surface area contributed by atoms with Crippen LogP contribution in [0.2, 0.25) is 0 Å². The zero-order valence-corrected chi connectivity index (χ0v) is 16.9. The van der Waals surface area contributed by atoms with Gasteiger partial charge in [0.25, 0.3) is 0 Å². The standard InChI is InChI=1S/C17H33N3O.HI/c1-4-6-7-15(5-2)12-19-16(18-3)20-10-8-17(13-20)9-11-21-14-17;/h15H,4-14H2,1-3H3,(H,18,19);1H. The molecular weight excluding hydrogens is 389 g/mol. The van der Waals surface area contributed by atoms with Crippen molar-refractivity contribution in [2.75, 3.05) is 39.9 Å². The van der Waals surface area contributed by atoms with Crippen LogP contribution in [-0.4, -0.2) is 50.8 Å². The Balaban J connectivity index is 0.00000242. The number of aliphatic imine (C=N–C) groups is 1. The van der Waals surface area contributed by atoms with Crippen molar-refractivity contribution in [3.8, 4) is 0 Å². The van der Waals surface area contributed by atoms with Gasteiger partial charge in [0.15, 0.2) is 5.96 Å². The Kier molecular flexibility index (Phi) is 9.05. The molecule has 0 aromatic heterocycles. The van der Waals surface area contributed by atoms with Gasteiger partial charge in [0.2, 0.25) is 0 Å². The van der Waals surface area contributed by atoms with Crippen molar-refractivity contribution >= 4 is 29.9 Å². The van der Waals surface area contributed by atoms with E-state index >= 15 is 0 Å². The van der Waals surface area contributed by atoms with Gasteiger partial charge in [-0.05, 0) is 25.2 Å². The van der Waals surface area contributed by atoms with Crippen molar-refractivity contribution in [1.29, 1.82) is 0 Å². The van der Waals surface area contributed by atoms with Gasteiger partial charge in [0, 0.05) is 38.7 Å². The summed E-state index contributed by atoms with van der Waals surface area (Å²) in [6.07, 6.45) is 7.68. The highest BCUT2D eigenvalue weighted by molar-refractivity contribution is 14.0. The Labute approximate surface area is 153 Å². The van der Waals surface area contributed by atoms with E-state index < -0.39 is 0 Å². The molecule has 0 aromatic carbocycles. The van der Waals surface area contributed by atoms with Crippen molar-refractivity contribution in [2.24, 2.45) is 16.3 Å². The largest absolute Gasteiger partial charge is 0.381 e. The lowest BCUT2D eigenvalue weighted by Crippen LogP contribution is -2.43. The molecule has 0 radical (unpaired) electrons. The minimum Gasteiger partial charge on any atom is -0.381 e. The summed E-state index contributed by atoms with van der Waals surface area (Å²) in [5.74, 6) is 1.86. The Morgan fingerprint density at radius 1 is 1.36 bits per heavy atom. The van der Waals surface area contributed by atoms with Crippen molar-refractivity contribution < 1.29 is 4.74 Å². The summed E-state index contributed by atoms with van der Waals surface area (Å²) < 4.78 is 5.62. The Hall–Kier alpha value is -0.0400. The van der Waals surface area contributed by atoms with Crippen LogP contribution in [0, 0.1) is 11.3 Å². The first-order valence-electron chi connectivity index (χ1n) is 8.76. The third-order valence-electron chi connectivity index (χ3n) is 5.23. The van der Waals surface area contributed by atoms with E-state index in [0.717, 1.165) is 44.7 Å². The van der Waals surface area contributed by atoms with Gasteiger partial charge in [0.1, 0.15) is 0 Å². The van der Waals surface area contributed by atoms with Gasteiger partial charge in [-0.25, -0.2) is 0 Å². The van der Waals surface area contributed by atoms with Gasteiger partial charge >= 0.3 is 0 Å². The molecule has 1 N–H and O–H groups in total. The lowest BCUT2D eigenvalue weighted by atomic mass is 9.87. The smallest absolute Gasteiger partial charge is 0.193 e. The van der Waals surface area contributed by atoms with Crippen molar-refractivity contribution in [3.05, 3.63) is 0 Å². The van der Waals surface area contributed by atoms with Crippen molar-refractivity contribution in [1.82, 2.24) is 10.2 Å². The van der Waals surface area contributed by atoms with Crippen LogP contribution in [0.1, 0.15) is 52.4 Å². The van der Waals surface area contributed by atoms with E-state index in [4.69, 9.17) is 4.74 Å². The molecule has 0 aliphatic carbocycles. The number of rotatable bonds is 6. The fourth-order valence-electron chi connectivity index (χ4n) is 3.60. The van der Waals surface area contributed by atoms with Gasteiger partial charge in [-0.1, -0.05) is 33.1 Å². The highest BCUT2D eigenvalue weighted by Gasteiger charge is 2.42. The molecule has 2 atom stereocenters. The fraction of sp³-hybridized carbons (Fsp3) is 0.941. The molecule has 0 bridgehead atoms. The molecule has 22 heavy (non-hydrogen) atoms. The summed E-state index contributed by atoms with van der Waals surface area (Å²) in [5.41, 5.74) is 0.407. The number of likely N-dealkylation sites (tertiary alicyclic amines) is 1. The number of hydrogen-bond donors (Lipinski definition) is 1. The van der Waals surface area contributed by atoms with Gasteiger partial charge in [-0.3, -0.25) is 4.99 Å². The van der Waals surface area contributed by atoms with E-state index in [9.17, 15) is 0 Å². The van der Waals surface area contributed by atoms with Crippen LogP contribution in [0.4, 0.5) is 0 Å². The first kappa shape index (κ1) is 20.0. The summed E-state index contributed by atoms with van der Waals surface area (Å²) in [6.45, 7) is 9.73. The van der Waals surface area contributed by atoms with Crippen LogP contribution < -0.4 is 5.32 Å². The number of nitrogens with zero attached hydrogens (tertiary/aromatic N) is 2. The zero-order chi connectivity index (χ0) is 15.1. The van der Waals surface area contributed by atoms with E-state index in [2.05, 4.69) is 29.1 Å². The van der Waals surface area contributed by atoms with E-state index in [0.29, 0.717) is 5.41 Å². The van der Waals surface area contributed by atoms with Crippen molar-refractivity contribution in [3.63, 3.8) is 0 Å². The van der Waals surface area contributed by atoms with Crippen LogP contribution in [0.15, 0.2) is 4.99 Å². The predicted octanol–water partition coefficient (Wildman–Crippen LogP) is 3.51. The number of unbranched alkanes of at least 4 members (excludes halogenated alkanes) is 1. The summed E-state index contributed by atoms with van der Waals surface area (Å²) >= 11 is 0. The number of halogens is 1. The lowest BCUT2D eigenvalue weighted by molar-refractivity contribution is 0.156. The van der Waals surface area contributed by atoms with Gasteiger partial charge in [-0.15, -0.1) is 24.0 Å². The third-order valence-corrected chi connectivity index (χ3v) is 5.23. The molecule has 5 heteroatoms. The van der Waals surface area contributed by atoms with Crippen LogP contribution >= 0.6 is 24.0 Å². The average molecular weight is 423 g/mol. The quantitative estimate of drug-likeness (QED) is 0.404. The van der Waals surface area contributed by atoms with Gasteiger partial charge in [0.05, 0.1) is 6.61 Å². The summed E-state index contributed by atoms with van der Waals surface area (Å²) in [4.78, 5) is 6.93. The maximum atomic E-state index is 5.62. The molecule has 2 unspecified atom stereocenters. The zero-order valence-electron chi connectivity index (χ0n) is 14.6. The number of hydrogen-bond acceptors (Lipinski definition) is 2. The van der Waals surface area contributed by atoms with Crippen LogP contribution in [-0.2, 0) is 4.74 Å². The number of ether oxygens (including phenoxy) is 1. The number of nitrogens with one attached hydrogen (secondary N) is 1. The SMILES string of the molecule is CCCCC(CC)CNC(=NC)N1CCC2(CCOC2)C1.I. The van der Waals surface area contributed by atoms with E-state index in [1.807, 2.05) is 7.05 Å². The fourth-order valence-corrected chi connectivity index (χ4v) is 3.60. The minimum absolute atomic E-state index is 0. The molecule has 1 spiro atoms. The molecule has 2 saturated heterocycles. The molecule has 4 nitrogen and oxygen atoms in total. The monoisotopic (exact) mass is 423 g/mol. The Bertz CT molecular complexity index is 343. The molecular formula is C17H34IN3O. The van der Waals surface area contributed by atoms with E-state index in [-0.39, 0.29) is 24.0 Å². The van der Waals surface area contributed by atoms with Crippen LogP contribution in [0.5, 0.6) is 0 Å². The maximum absolute atomic E-state index is 5.62. The highest BCUT2D eigenvalue weighted by Crippen LogP contribution is 2.38. The minimum atomic E-state index is 0. The maximum Gasteiger partial charge on any atom is 0.193 e. The van der Waals surface area contributed by atoms with Crippen molar-refractivity contribution in [2.45, 2.75) is 52.4 Å². The molecule has 0 aromatic rings. The van der Waals surface area contributed by atoms with Crippen LogP contribution in [0.3, 0.4) is 0 Å². The number of guanidine groups is 1. The molecule has 0 amide bonds. The van der Waals surface area contributed by atoms with Crippen LogP contribution in [0.25, 0.3) is 0 Å². The van der Waals surface area contributed by atoms with Gasteiger partial charge in [-0.2, -0.15) is 0 Å². The Morgan fingerprint density at radius 3 is 2.77 bits per heavy atom. The average Bonchev–Trinajstić information content (AvgIpc) is 3.14. The van der Waals surface area contributed by atoms with E-state index in [1.165, 1.54) is 38.5 Å².